The molecule has 0 spiro atoms. The Hall–Kier alpha value is -0.450. The monoisotopic (exact) mass is 253 g/mol. The molecule has 1 aliphatic rings. The van der Waals surface area contributed by atoms with Crippen molar-refractivity contribution < 1.29 is 0 Å². The first-order chi connectivity index (χ1) is 8.36. The topological polar surface area (TPSA) is 37.0 Å². The van der Waals surface area contributed by atoms with Gasteiger partial charge in [-0.15, -0.1) is 11.3 Å². The Bertz CT molecular complexity index is 294. The molecular formula is C13H23N3S. The summed E-state index contributed by atoms with van der Waals surface area (Å²) in [5.74, 6) is 1.42. The number of hydrogen-bond donors (Lipinski definition) is 2. The van der Waals surface area contributed by atoms with Gasteiger partial charge in [0.2, 0.25) is 0 Å². The van der Waals surface area contributed by atoms with Gasteiger partial charge in [0.15, 0.2) is 0 Å². The molecule has 4 heteroatoms. The second kappa shape index (κ2) is 7.09. The van der Waals surface area contributed by atoms with Gasteiger partial charge in [-0.1, -0.05) is 6.92 Å². The summed E-state index contributed by atoms with van der Waals surface area (Å²) in [5, 5.41) is 10.3. The summed E-state index contributed by atoms with van der Waals surface area (Å²) in [6, 6.07) is 0. The minimum Gasteiger partial charge on any atom is -0.316 e. The minimum absolute atomic E-state index is 0.541. The number of nitrogens with zero attached hydrogens (tertiary/aromatic N) is 1. The number of thiazole rings is 1. The molecule has 0 aliphatic carbocycles. The number of rotatable bonds is 6. The van der Waals surface area contributed by atoms with Crippen LogP contribution < -0.4 is 10.6 Å². The molecule has 2 atom stereocenters. The van der Waals surface area contributed by atoms with E-state index in [2.05, 4.69) is 27.9 Å². The molecular weight excluding hydrogens is 230 g/mol. The van der Waals surface area contributed by atoms with Crippen molar-refractivity contribution in [3.05, 3.63) is 16.6 Å². The molecule has 3 nitrogen and oxygen atoms in total. The van der Waals surface area contributed by atoms with Gasteiger partial charge in [0.05, 0.1) is 5.01 Å². The zero-order chi connectivity index (χ0) is 11.9. The number of piperidine rings is 1. The van der Waals surface area contributed by atoms with Crippen molar-refractivity contribution in [1.82, 2.24) is 15.6 Å². The first-order valence-electron chi connectivity index (χ1n) is 6.67. The zero-order valence-corrected chi connectivity index (χ0v) is 11.4. The molecule has 0 aromatic carbocycles. The summed E-state index contributed by atoms with van der Waals surface area (Å²) in [6.07, 6.45) is 5.94. The normalized spacial score (nSPS) is 22.5. The van der Waals surface area contributed by atoms with Crippen LogP contribution in [0.1, 0.15) is 37.1 Å². The lowest BCUT2D eigenvalue weighted by Gasteiger charge is -2.22. The van der Waals surface area contributed by atoms with Gasteiger partial charge in [-0.2, -0.15) is 0 Å². The third-order valence-electron chi connectivity index (χ3n) is 3.45. The molecule has 0 radical (unpaired) electrons. The van der Waals surface area contributed by atoms with Crippen molar-refractivity contribution >= 4 is 11.3 Å². The van der Waals surface area contributed by atoms with E-state index in [0.29, 0.717) is 5.92 Å². The fraction of sp³-hybridized carbons (Fsp3) is 0.769. The molecule has 2 N–H and O–H groups in total. The van der Waals surface area contributed by atoms with Crippen LogP contribution in [-0.2, 0) is 0 Å². The average Bonchev–Trinajstić information content (AvgIpc) is 2.89. The van der Waals surface area contributed by atoms with Crippen LogP contribution in [-0.4, -0.2) is 31.2 Å². The quantitative estimate of drug-likeness (QED) is 0.763. The van der Waals surface area contributed by atoms with Crippen molar-refractivity contribution in [2.75, 3.05) is 26.2 Å². The first kappa shape index (κ1) is 13.0. The van der Waals surface area contributed by atoms with E-state index in [1.54, 1.807) is 11.3 Å². The fourth-order valence-corrected chi connectivity index (χ4v) is 3.06. The van der Waals surface area contributed by atoms with E-state index in [1.807, 2.05) is 6.20 Å². The summed E-state index contributed by atoms with van der Waals surface area (Å²) in [6.45, 7) is 6.86. The SMILES string of the molecule is CC(CNCCC1CCCNC1)c1nccs1. The molecule has 1 aromatic rings. The molecule has 0 bridgehead atoms. The molecule has 2 unspecified atom stereocenters. The smallest absolute Gasteiger partial charge is 0.0965 e. The Labute approximate surface area is 108 Å². The highest BCUT2D eigenvalue weighted by atomic mass is 32.1. The summed E-state index contributed by atoms with van der Waals surface area (Å²) >= 11 is 1.76. The van der Waals surface area contributed by atoms with Gasteiger partial charge in [-0.3, -0.25) is 0 Å². The third-order valence-corrected chi connectivity index (χ3v) is 4.46. The maximum Gasteiger partial charge on any atom is 0.0965 e. The largest absolute Gasteiger partial charge is 0.316 e. The highest BCUT2D eigenvalue weighted by Crippen LogP contribution is 2.17. The lowest BCUT2D eigenvalue weighted by atomic mass is 9.96. The van der Waals surface area contributed by atoms with Crippen molar-refractivity contribution in [1.29, 1.82) is 0 Å². The Balaban J connectivity index is 1.56. The van der Waals surface area contributed by atoms with E-state index in [1.165, 1.54) is 37.4 Å². The van der Waals surface area contributed by atoms with Gasteiger partial charge in [0.1, 0.15) is 0 Å². The van der Waals surface area contributed by atoms with Crippen LogP contribution in [0.5, 0.6) is 0 Å². The van der Waals surface area contributed by atoms with Gasteiger partial charge in [0, 0.05) is 24.0 Å². The fourth-order valence-electron chi connectivity index (χ4n) is 2.36. The Morgan fingerprint density at radius 2 is 2.59 bits per heavy atom. The molecule has 1 aromatic heterocycles. The van der Waals surface area contributed by atoms with E-state index in [9.17, 15) is 0 Å². The molecule has 96 valence electrons. The maximum absolute atomic E-state index is 4.35. The minimum atomic E-state index is 0.541. The lowest BCUT2D eigenvalue weighted by molar-refractivity contribution is 0.351. The predicted octanol–water partition coefficient (Wildman–Crippen LogP) is 2.23. The van der Waals surface area contributed by atoms with Crippen molar-refractivity contribution in [2.24, 2.45) is 5.92 Å². The molecule has 17 heavy (non-hydrogen) atoms. The van der Waals surface area contributed by atoms with Crippen LogP contribution in [0, 0.1) is 5.92 Å². The van der Waals surface area contributed by atoms with E-state index in [0.717, 1.165) is 19.0 Å². The van der Waals surface area contributed by atoms with Gasteiger partial charge >= 0.3 is 0 Å². The van der Waals surface area contributed by atoms with Crippen molar-refractivity contribution in [2.45, 2.75) is 32.1 Å². The van der Waals surface area contributed by atoms with Crippen LogP contribution in [0.2, 0.25) is 0 Å². The van der Waals surface area contributed by atoms with Crippen molar-refractivity contribution in [3.63, 3.8) is 0 Å². The number of aromatic nitrogens is 1. The average molecular weight is 253 g/mol. The van der Waals surface area contributed by atoms with Gasteiger partial charge in [-0.05, 0) is 44.8 Å². The Morgan fingerprint density at radius 3 is 3.29 bits per heavy atom. The highest BCUT2D eigenvalue weighted by molar-refractivity contribution is 7.09. The maximum atomic E-state index is 4.35. The molecule has 1 aliphatic heterocycles. The van der Waals surface area contributed by atoms with E-state index < -0.39 is 0 Å². The molecule has 1 fully saturated rings. The zero-order valence-electron chi connectivity index (χ0n) is 10.6. The van der Waals surface area contributed by atoms with Gasteiger partial charge in [0.25, 0.3) is 0 Å². The molecule has 2 heterocycles. The van der Waals surface area contributed by atoms with Gasteiger partial charge < -0.3 is 10.6 Å². The van der Waals surface area contributed by atoms with Crippen LogP contribution in [0.4, 0.5) is 0 Å². The molecule has 2 rings (SSSR count). The number of nitrogens with one attached hydrogen (secondary N) is 2. The summed E-state index contributed by atoms with van der Waals surface area (Å²) in [5.41, 5.74) is 0. The van der Waals surface area contributed by atoms with E-state index in [-0.39, 0.29) is 0 Å². The first-order valence-corrected chi connectivity index (χ1v) is 7.55. The molecule has 1 saturated heterocycles. The summed E-state index contributed by atoms with van der Waals surface area (Å²) < 4.78 is 0. The second-order valence-electron chi connectivity index (χ2n) is 4.98. The van der Waals surface area contributed by atoms with Crippen LogP contribution in [0.3, 0.4) is 0 Å². The Kier molecular flexibility index (Phi) is 5.42. The Morgan fingerprint density at radius 1 is 1.65 bits per heavy atom. The number of hydrogen-bond acceptors (Lipinski definition) is 4. The van der Waals surface area contributed by atoms with Crippen LogP contribution in [0.15, 0.2) is 11.6 Å². The second-order valence-corrected chi connectivity index (χ2v) is 5.90. The highest BCUT2D eigenvalue weighted by Gasteiger charge is 2.12. The lowest BCUT2D eigenvalue weighted by Crippen LogP contribution is -2.32. The summed E-state index contributed by atoms with van der Waals surface area (Å²) in [7, 11) is 0. The molecule has 0 saturated carbocycles. The van der Waals surface area contributed by atoms with Crippen LogP contribution >= 0.6 is 11.3 Å². The third kappa shape index (κ3) is 4.37. The van der Waals surface area contributed by atoms with Crippen LogP contribution in [0.25, 0.3) is 0 Å². The summed E-state index contributed by atoms with van der Waals surface area (Å²) in [4.78, 5) is 4.35. The van der Waals surface area contributed by atoms with E-state index in [4.69, 9.17) is 0 Å². The van der Waals surface area contributed by atoms with E-state index >= 15 is 0 Å². The van der Waals surface area contributed by atoms with Crippen molar-refractivity contribution in [3.8, 4) is 0 Å². The predicted molar refractivity (Wildman–Crippen MR) is 73.6 cm³/mol. The van der Waals surface area contributed by atoms with Gasteiger partial charge in [-0.25, -0.2) is 4.98 Å². The molecule has 0 amide bonds. The standard InChI is InChI=1S/C13H23N3S/c1-11(13-16-7-8-17-13)9-15-6-4-12-3-2-5-14-10-12/h7-8,11-12,14-15H,2-6,9-10H2,1H3.